The summed E-state index contributed by atoms with van der Waals surface area (Å²) < 4.78 is 1.05. The molecule has 0 aliphatic carbocycles. The predicted octanol–water partition coefficient (Wildman–Crippen LogP) is 2.26. The van der Waals surface area contributed by atoms with Gasteiger partial charge in [-0.15, -0.1) is 0 Å². The van der Waals surface area contributed by atoms with Gasteiger partial charge >= 0.3 is 0 Å². The molecule has 0 amide bonds. The van der Waals surface area contributed by atoms with Gasteiger partial charge in [0.05, 0.1) is 0 Å². The van der Waals surface area contributed by atoms with Gasteiger partial charge in [-0.1, -0.05) is 6.92 Å². The zero-order chi connectivity index (χ0) is 14.5. The second-order valence-corrected chi connectivity index (χ2v) is 6.69. The van der Waals surface area contributed by atoms with Crippen LogP contribution in [0, 0.1) is 12.8 Å². The summed E-state index contributed by atoms with van der Waals surface area (Å²) in [4.78, 5) is 9.53. The number of nitrogens with zero attached hydrogens (tertiary/aromatic N) is 3. The van der Waals surface area contributed by atoms with E-state index < -0.39 is 0 Å². The van der Waals surface area contributed by atoms with Crippen LogP contribution in [0.5, 0.6) is 0 Å². The number of aryl methyl sites for hydroxylation is 1. The largest absolute Gasteiger partial charge is 0.355 e. The summed E-state index contributed by atoms with van der Waals surface area (Å²) in [6.45, 7) is 10.6. The average Bonchev–Trinajstić information content (AvgIpc) is 2.64. The normalized spacial score (nSPS) is 18.9. The summed E-state index contributed by atoms with van der Waals surface area (Å²) in [5.74, 6) is 1.70. The minimum atomic E-state index is 0.578. The van der Waals surface area contributed by atoms with E-state index in [1.807, 2.05) is 6.20 Å². The Morgan fingerprint density at radius 2 is 2.15 bits per heavy atom. The average molecular weight is 341 g/mol. The van der Waals surface area contributed by atoms with Crippen molar-refractivity contribution in [2.45, 2.75) is 20.3 Å². The molecule has 1 aromatic heterocycles. The van der Waals surface area contributed by atoms with E-state index in [1.165, 1.54) is 12.0 Å². The summed E-state index contributed by atoms with van der Waals surface area (Å²) in [7, 11) is 0. The molecule has 1 fully saturated rings. The molecule has 2 N–H and O–H groups in total. The van der Waals surface area contributed by atoms with Crippen molar-refractivity contribution in [3.8, 4) is 0 Å². The summed E-state index contributed by atoms with van der Waals surface area (Å²) >= 11 is 3.48. The molecule has 1 aromatic rings. The van der Waals surface area contributed by atoms with Crippen molar-refractivity contribution in [2.75, 3.05) is 44.2 Å². The Hall–Kier alpha value is -0.650. The van der Waals surface area contributed by atoms with Crippen molar-refractivity contribution in [3.63, 3.8) is 0 Å². The Bertz CT molecular complexity index is 438. The van der Waals surface area contributed by atoms with Crippen LogP contribution in [0.4, 0.5) is 5.82 Å². The standard InChI is InChI=1S/C15H25BrN4/c1-12(9-17)11-19-4-3-5-20(7-6-19)15-13(2)8-14(16)10-18-15/h8,10,12H,3-7,9,11,17H2,1-2H3. The minimum Gasteiger partial charge on any atom is -0.355 e. The van der Waals surface area contributed by atoms with Crippen molar-refractivity contribution in [2.24, 2.45) is 11.7 Å². The SMILES string of the molecule is Cc1cc(Br)cnc1N1CCCN(CC(C)CN)CC1. The molecule has 5 heteroatoms. The fourth-order valence-corrected chi connectivity index (χ4v) is 3.19. The fourth-order valence-electron chi connectivity index (χ4n) is 2.74. The number of hydrogen-bond donors (Lipinski definition) is 1. The van der Waals surface area contributed by atoms with E-state index in [0.717, 1.165) is 49.6 Å². The van der Waals surface area contributed by atoms with E-state index in [4.69, 9.17) is 5.73 Å². The van der Waals surface area contributed by atoms with E-state index in [2.05, 4.69) is 50.6 Å². The molecule has 0 spiro atoms. The van der Waals surface area contributed by atoms with Crippen LogP contribution in [0.2, 0.25) is 0 Å². The third-order valence-electron chi connectivity index (χ3n) is 3.88. The second-order valence-electron chi connectivity index (χ2n) is 5.78. The number of nitrogens with two attached hydrogens (primary N) is 1. The van der Waals surface area contributed by atoms with Gasteiger partial charge in [0.15, 0.2) is 0 Å². The van der Waals surface area contributed by atoms with Crippen LogP contribution in [-0.4, -0.2) is 49.2 Å². The first-order valence-electron chi connectivity index (χ1n) is 7.39. The maximum Gasteiger partial charge on any atom is 0.131 e. The van der Waals surface area contributed by atoms with Crippen molar-refractivity contribution in [1.29, 1.82) is 0 Å². The highest BCUT2D eigenvalue weighted by atomic mass is 79.9. The summed E-state index contributed by atoms with van der Waals surface area (Å²) in [6, 6.07) is 2.14. The van der Waals surface area contributed by atoms with Crippen molar-refractivity contribution in [3.05, 3.63) is 22.3 Å². The van der Waals surface area contributed by atoms with Gasteiger partial charge in [-0.2, -0.15) is 0 Å². The van der Waals surface area contributed by atoms with Crippen LogP contribution in [0.25, 0.3) is 0 Å². The predicted molar refractivity (Wildman–Crippen MR) is 88.2 cm³/mol. The molecule has 1 atom stereocenters. The Labute approximate surface area is 130 Å². The molecule has 1 unspecified atom stereocenters. The fraction of sp³-hybridized carbons (Fsp3) is 0.667. The van der Waals surface area contributed by atoms with Crippen LogP contribution in [0.1, 0.15) is 18.9 Å². The molecule has 0 bridgehead atoms. The molecule has 0 radical (unpaired) electrons. The van der Waals surface area contributed by atoms with Crippen molar-refractivity contribution >= 4 is 21.7 Å². The first-order chi connectivity index (χ1) is 9.60. The van der Waals surface area contributed by atoms with Gasteiger partial charge in [0, 0.05) is 36.8 Å². The lowest BCUT2D eigenvalue weighted by atomic mass is 10.1. The van der Waals surface area contributed by atoms with Crippen molar-refractivity contribution in [1.82, 2.24) is 9.88 Å². The highest BCUT2D eigenvalue weighted by Crippen LogP contribution is 2.22. The van der Waals surface area contributed by atoms with Crippen LogP contribution in [0.3, 0.4) is 0 Å². The first kappa shape index (κ1) is 15.7. The maximum atomic E-state index is 5.73. The Morgan fingerprint density at radius 3 is 2.85 bits per heavy atom. The number of anilines is 1. The molecule has 2 heterocycles. The second kappa shape index (κ2) is 7.38. The lowest BCUT2D eigenvalue weighted by molar-refractivity contribution is 0.255. The van der Waals surface area contributed by atoms with E-state index in [-0.39, 0.29) is 0 Å². The number of pyridine rings is 1. The van der Waals surface area contributed by atoms with Crippen LogP contribution < -0.4 is 10.6 Å². The Morgan fingerprint density at radius 1 is 1.35 bits per heavy atom. The van der Waals surface area contributed by atoms with Crippen molar-refractivity contribution < 1.29 is 0 Å². The lowest BCUT2D eigenvalue weighted by Crippen LogP contribution is -2.35. The number of aromatic nitrogens is 1. The van der Waals surface area contributed by atoms with Crippen LogP contribution in [-0.2, 0) is 0 Å². The molecule has 0 aromatic carbocycles. The molecule has 112 valence electrons. The van der Waals surface area contributed by atoms with Gasteiger partial charge in [0.1, 0.15) is 5.82 Å². The van der Waals surface area contributed by atoms with Gasteiger partial charge in [0.2, 0.25) is 0 Å². The molecular formula is C15H25BrN4. The molecule has 1 aliphatic heterocycles. The van der Waals surface area contributed by atoms with Gasteiger partial charge in [-0.05, 0) is 59.9 Å². The van der Waals surface area contributed by atoms with E-state index in [9.17, 15) is 0 Å². The molecule has 2 rings (SSSR count). The number of hydrogen-bond acceptors (Lipinski definition) is 4. The summed E-state index contributed by atoms with van der Waals surface area (Å²) in [5.41, 5.74) is 6.97. The minimum absolute atomic E-state index is 0.578. The first-order valence-corrected chi connectivity index (χ1v) is 8.19. The third kappa shape index (κ3) is 4.17. The van der Waals surface area contributed by atoms with Gasteiger partial charge < -0.3 is 15.5 Å². The molecule has 1 saturated heterocycles. The van der Waals surface area contributed by atoms with E-state index in [1.54, 1.807) is 0 Å². The molecule has 20 heavy (non-hydrogen) atoms. The van der Waals surface area contributed by atoms with E-state index >= 15 is 0 Å². The van der Waals surface area contributed by atoms with Gasteiger partial charge in [-0.25, -0.2) is 4.98 Å². The van der Waals surface area contributed by atoms with Crippen LogP contribution >= 0.6 is 15.9 Å². The van der Waals surface area contributed by atoms with E-state index in [0.29, 0.717) is 5.92 Å². The van der Waals surface area contributed by atoms with Gasteiger partial charge in [0.25, 0.3) is 0 Å². The zero-order valence-electron chi connectivity index (χ0n) is 12.5. The lowest BCUT2D eigenvalue weighted by Gasteiger charge is -2.25. The Balaban J connectivity index is 1.98. The van der Waals surface area contributed by atoms with Crippen LogP contribution in [0.15, 0.2) is 16.7 Å². The third-order valence-corrected chi connectivity index (χ3v) is 4.31. The Kier molecular flexibility index (Phi) is 5.81. The summed E-state index contributed by atoms with van der Waals surface area (Å²) in [5, 5.41) is 0. The highest BCUT2D eigenvalue weighted by molar-refractivity contribution is 9.10. The smallest absolute Gasteiger partial charge is 0.131 e. The van der Waals surface area contributed by atoms with Gasteiger partial charge in [-0.3, -0.25) is 0 Å². The maximum absolute atomic E-state index is 5.73. The molecule has 4 nitrogen and oxygen atoms in total. The quantitative estimate of drug-likeness (QED) is 0.913. The monoisotopic (exact) mass is 340 g/mol. The zero-order valence-corrected chi connectivity index (χ0v) is 14.1. The molecular weight excluding hydrogens is 316 g/mol. The summed E-state index contributed by atoms with van der Waals surface area (Å²) in [6.07, 6.45) is 3.08. The number of halogens is 1. The number of rotatable bonds is 4. The highest BCUT2D eigenvalue weighted by Gasteiger charge is 2.18. The topological polar surface area (TPSA) is 45.4 Å². The molecule has 1 aliphatic rings. The molecule has 0 saturated carbocycles.